The molecule has 2 N–H and O–H groups in total. The van der Waals surface area contributed by atoms with Gasteiger partial charge in [0.05, 0.1) is 18.9 Å². The van der Waals surface area contributed by atoms with E-state index >= 15 is 0 Å². The molecule has 0 aliphatic carbocycles. The Bertz CT molecular complexity index is 406. The van der Waals surface area contributed by atoms with Crippen LogP contribution in [-0.4, -0.2) is 33.1 Å². The number of nitrogens with two attached hydrogens (primary N) is 1. The average Bonchev–Trinajstić information content (AvgIpc) is 2.79. The van der Waals surface area contributed by atoms with Crippen LogP contribution in [0.4, 0.5) is 0 Å². The van der Waals surface area contributed by atoms with Crippen molar-refractivity contribution in [3.63, 3.8) is 0 Å². The highest BCUT2D eigenvalue weighted by Gasteiger charge is 2.15. The van der Waals surface area contributed by atoms with Crippen molar-refractivity contribution in [1.82, 2.24) is 14.8 Å². The number of thioether (sulfide) groups is 1. The zero-order valence-corrected chi connectivity index (χ0v) is 12.6. The standard InChI is InChI=1S/C12H22N4O2S/c1-4-5-6-18-11(17)8-19-12-15-14-10(7-13)16(12)9(2)3/h9H,4-8,13H2,1-3H3. The molecule has 0 saturated carbocycles. The van der Waals surface area contributed by atoms with Crippen molar-refractivity contribution < 1.29 is 9.53 Å². The van der Waals surface area contributed by atoms with Crippen LogP contribution in [-0.2, 0) is 16.1 Å². The monoisotopic (exact) mass is 286 g/mol. The van der Waals surface area contributed by atoms with Crippen LogP contribution < -0.4 is 5.73 Å². The van der Waals surface area contributed by atoms with E-state index in [0.717, 1.165) is 18.7 Å². The number of unbranched alkanes of at least 4 members (excludes halogenated alkanes) is 1. The summed E-state index contributed by atoms with van der Waals surface area (Å²) in [5, 5.41) is 8.80. The summed E-state index contributed by atoms with van der Waals surface area (Å²) in [6.07, 6.45) is 1.91. The molecule has 0 spiro atoms. The normalized spacial score (nSPS) is 11.0. The fourth-order valence-electron chi connectivity index (χ4n) is 1.56. The Morgan fingerprint density at radius 3 is 2.79 bits per heavy atom. The molecule has 0 bridgehead atoms. The second kappa shape index (κ2) is 8.16. The predicted octanol–water partition coefficient (Wildman–Crippen LogP) is 1.75. The first-order chi connectivity index (χ1) is 9.10. The first-order valence-electron chi connectivity index (χ1n) is 6.52. The van der Waals surface area contributed by atoms with Gasteiger partial charge in [0.25, 0.3) is 0 Å². The number of carbonyl (C=O) groups excluding carboxylic acids is 1. The molecular formula is C12H22N4O2S. The van der Waals surface area contributed by atoms with Gasteiger partial charge in [-0.15, -0.1) is 10.2 Å². The number of aromatic nitrogens is 3. The molecule has 0 radical (unpaired) electrons. The van der Waals surface area contributed by atoms with Crippen LogP contribution in [0.2, 0.25) is 0 Å². The number of hydrogen-bond acceptors (Lipinski definition) is 6. The molecule has 0 aromatic carbocycles. The summed E-state index contributed by atoms with van der Waals surface area (Å²) in [5.41, 5.74) is 5.61. The minimum atomic E-state index is -0.217. The second-order valence-corrected chi connectivity index (χ2v) is 5.37. The third-order valence-electron chi connectivity index (χ3n) is 2.51. The van der Waals surface area contributed by atoms with Gasteiger partial charge in [-0.1, -0.05) is 25.1 Å². The maximum Gasteiger partial charge on any atom is 0.316 e. The highest BCUT2D eigenvalue weighted by atomic mass is 32.2. The van der Waals surface area contributed by atoms with E-state index in [-0.39, 0.29) is 17.8 Å². The summed E-state index contributed by atoms with van der Waals surface area (Å²) in [6, 6.07) is 0.215. The molecule has 1 heterocycles. The minimum absolute atomic E-state index is 0.215. The van der Waals surface area contributed by atoms with Gasteiger partial charge < -0.3 is 15.0 Å². The van der Waals surface area contributed by atoms with E-state index in [9.17, 15) is 4.79 Å². The fourth-order valence-corrected chi connectivity index (χ4v) is 2.44. The van der Waals surface area contributed by atoms with Crippen LogP contribution in [0.25, 0.3) is 0 Å². The van der Waals surface area contributed by atoms with E-state index in [0.29, 0.717) is 18.3 Å². The number of ether oxygens (including phenoxy) is 1. The summed E-state index contributed by atoms with van der Waals surface area (Å²) in [6.45, 7) is 6.95. The van der Waals surface area contributed by atoms with Crippen molar-refractivity contribution >= 4 is 17.7 Å². The van der Waals surface area contributed by atoms with E-state index < -0.39 is 0 Å². The summed E-state index contributed by atoms with van der Waals surface area (Å²) in [4.78, 5) is 11.5. The Hall–Kier alpha value is -1.08. The van der Waals surface area contributed by atoms with Crippen molar-refractivity contribution in [2.75, 3.05) is 12.4 Å². The first-order valence-corrected chi connectivity index (χ1v) is 7.51. The van der Waals surface area contributed by atoms with Crippen molar-refractivity contribution in [3.05, 3.63) is 5.82 Å². The lowest BCUT2D eigenvalue weighted by Crippen LogP contribution is -2.13. The summed E-state index contributed by atoms with van der Waals surface area (Å²) >= 11 is 1.34. The van der Waals surface area contributed by atoms with Gasteiger partial charge in [0.15, 0.2) is 5.16 Å². The molecule has 1 aromatic rings. The van der Waals surface area contributed by atoms with Crippen molar-refractivity contribution in [3.8, 4) is 0 Å². The Morgan fingerprint density at radius 2 is 2.21 bits per heavy atom. The molecule has 0 fully saturated rings. The highest BCUT2D eigenvalue weighted by molar-refractivity contribution is 7.99. The van der Waals surface area contributed by atoms with Gasteiger partial charge in [0.2, 0.25) is 0 Å². The molecule has 0 aliphatic heterocycles. The van der Waals surface area contributed by atoms with Gasteiger partial charge in [-0.05, 0) is 20.3 Å². The molecular weight excluding hydrogens is 264 g/mol. The molecule has 7 heteroatoms. The molecule has 108 valence electrons. The van der Waals surface area contributed by atoms with Gasteiger partial charge in [-0.2, -0.15) is 0 Å². The quantitative estimate of drug-likeness (QED) is 0.445. The van der Waals surface area contributed by atoms with E-state index in [1.807, 2.05) is 18.4 Å². The summed E-state index contributed by atoms with van der Waals surface area (Å²) in [7, 11) is 0. The minimum Gasteiger partial charge on any atom is -0.465 e. The number of rotatable bonds is 8. The lowest BCUT2D eigenvalue weighted by atomic mass is 10.4. The first kappa shape index (κ1) is 16.0. The zero-order chi connectivity index (χ0) is 14.3. The number of esters is 1. The Morgan fingerprint density at radius 1 is 1.47 bits per heavy atom. The van der Waals surface area contributed by atoms with E-state index in [1.54, 1.807) is 0 Å². The third-order valence-corrected chi connectivity index (χ3v) is 3.43. The molecule has 0 saturated heterocycles. The number of hydrogen-bond donors (Lipinski definition) is 1. The molecule has 6 nitrogen and oxygen atoms in total. The van der Waals surface area contributed by atoms with Crippen LogP contribution in [0.15, 0.2) is 5.16 Å². The summed E-state index contributed by atoms with van der Waals surface area (Å²) in [5.74, 6) is 0.766. The van der Waals surface area contributed by atoms with Gasteiger partial charge in [0, 0.05) is 6.04 Å². The Kier molecular flexibility index (Phi) is 6.86. The van der Waals surface area contributed by atoms with Crippen molar-refractivity contribution in [1.29, 1.82) is 0 Å². The van der Waals surface area contributed by atoms with Gasteiger partial charge in [-0.25, -0.2) is 0 Å². The van der Waals surface area contributed by atoms with Gasteiger partial charge in [-0.3, -0.25) is 4.79 Å². The lowest BCUT2D eigenvalue weighted by molar-refractivity contribution is -0.140. The Labute approximate surface area is 118 Å². The largest absolute Gasteiger partial charge is 0.465 e. The van der Waals surface area contributed by atoms with Crippen molar-refractivity contribution in [2.45, 2.75) is 51.4 Å². The van der Waals surface area contributed by atoms with Crippen LogP contribution in [0, 0.1) is 0 Å². The highest BCUT2D eigenvalue weighted by Crippen LogP contribution is 2.21. The van der Waals surface area contributed by atoms with Gasteiger partial charge in [0.1, 0.15) is 5.82 Å². The van der Waals surface area contributed by atoms with Crippen LogP contribution >= 0.6 is 11.8 Å². The summed E-state index contributed by atoms with van der Waals surface area (Å²) < 4.78 is 7.04. The molecule has 0 unspecified atom stereocenters. The predicted molar refractivity (Wildman–Crippen MR) is 74.9 cm³/mol. The van der Waals surface area contributed by atoms with E-state index in [2.05, 4.69) is 17.1 Å². The third kappa shape index (κ3) is 4.83. The molecule has 1 rings (SSSR count). The molecule has 19 heavy (non-hydrogen) atoms. The molecule has 0 amide bonds. The van der Waals surface area contributed by atoms with Gasteiger partial charge >= 0.3 is 5.97 Å². The molecule has 1 aromatic heterocycles. The Balaban J connectivity index is 2.53. The smallest absolute Gasteiger partial charge is 0.316 e. The average molecular weight is 286 g/mol. The molecule has 0 aliphatic rings. The van der Waals surface area contributed by atoms with Crippen LogP contribution in [0.1, 0.15) is 45.5 Å². The maximum atomic E-state index is 11.5. The van der Waals surface area contributed by atoms with Crippen LogP contribution in [0.3, 0.4) is 0 Å². The van der Waals surface area contributed by atoms with E-state index in [4.69, 9.17) is 10.5 Å². The van der Waals surface area contributed by atoms with Crippen molar-refractivity contribution in [2.24, 2.45) is 5.73 Å². The second-order valence-electron chi connectivity index (χ2n) is 4.43. The maximum absolute atomic E-state index is 11.5. The zero-order valence-electron chi connectivity index (χ0n) is 11.8. The topological polar surface area (TPSA) is 83.0 Å². The molecule has 0 atom stereocenters. The SMILES string of the molecule is CCCCOC(=O)CSc1nnc(CN)n1C(C)C. The van der Waals surface area contributed by atoms with Crippen LogP contribution in [0.5, 0.6) is 0 Å². The fraction of sp³-hybridized carbons (Fsp3) is 0.750. The lowest BCUT2D eigenvalue weighted by Gasteiger charge is -2.12. The number of carbonyl (C=O) groups is 1. The van der Waals surface area contributed by atoms with E-state index in [1.165, 1.54) is 11.8 Å². The number of nitrogens with zero attached hydrogens (tertiary/aromatic N) is 3.